The average Bonchev–Trinajstić information content (AvgIpc) is 3.36. The number of sulfonamides is 1. The molecule has 3 rings (SSSR count). The van der Waals surface area contributed by atoms with Crippen LogP contribution < -0.4 is 10.0 Å². The summed E-state index contributed by atoms with van der Waals surface area (Å²) < 4.78 is 29.6. The molecule has 0 atom stereocenters. The zero-order valence-electron chi connectivity index (χ0n) is 12.6. The molecule has 0 amide bonds. The SMILES string of the molecule is CNCc1cc(S(=O)(=O)NCCCC2CC2)cn1C1CC1. The van der Waals surface area contributed by atoms with Crippen LogP contribution in [0.1, 0.15) is 50.3 Å². The molecule has 5 nitrogen and oxygen atoms in total. The molecule has 0 aromatic carbocycles. The van der Waals surface area contributed by atoms with E-state index in [4.69, 9.17) is 0 Å². The minimum absolute atomic E-state index is 0.408. The molecular weight excluding hydrogens is 286 g/mol. The van der Waals surface area contributed by atoms with E-state index in [1.807, 2.05) is 7.05 Å². The van der Waals surface area contributed by atoms with Crippen LogP contribution >= 0.6 is 0 Å². The molecule has 2 saturated carbocycles. The molecule has 1 heterocycles. The van der Waals surface area contributed by atoms with Crippen molar-refractivity contribution in [3.63, 3.8) is 0 Å². The molecule has 118 valence electrons. The van der Waals surface area contributed by atoms with Crippen LogP contribution in [0.4, 0.5) is 0 Å². The second-order valence-corrected chi connectivity index (χ2v) is 8.09. The quantitative estimate of drug-likeness (QED) is 0.686. The van der Waals surface area contributed by atoms with Gasteiger partial charge >= 0.3 is 0 Å². The third-order valence-electron chi connectivity index (χ3n) is 4.29. The normalized spacial score (nSPS) is 19.1. The Hall–Kier alpha value is -0.850. The maximum absolute atomic E-state index is 12.4. The summed E-state index contributed by atoms with van der Waals surface area (Å²) in [6.07, 6.45) is 8.84. The molecule has 2 aliphatic rings. The van der Waals surface area contributed by atoms with Crippen molar-refractivity contribution < 1.29 is 8.42 Å². The Kier molecular flexibility index (Phi) is 4.38. The Morgan fingerprint density at radius 1 is 1.29 bits per heavy atom. The Morgan fingerprint density at radius 2 is 2.05 bits per heavy atom. The molecule has 2 N–H and O–H groups in total. The molecule has 0 radical (unpaired) electrons. The van der Waals surface area contributed by atoms with Crippen molar-refractivity contribution in [2.45, 2.75) is 56.0 Å². The third kappa shape index (κ3) is 3.87. The summed E-state index contributed by atoms with van der Waals surface area (Å²) >= 11 is 0. The van der Waals surface area contributed by atoms with Crippen molar-refractivity contribution in [2.75, 3.05) is 13.6 Å². The summed E-state index contributed by atoms with van der Waals surface area (Å²) in [5.74, 6) is 0.854. The lowest BCUT2D eigenvalue weighted by Crippen LogP contribution is -2.24. The fourth-order valence-electron chi connectivity index (χ4n) is 2.75. The van der Waals surface area contributed by atoms with Crippen LogP contribution in [0.2, 0.25) is 0 Å². The summed E-state index contributed by atoms with van der Waals surface area (Å²) in [7, 11) is -1.48. The van der Waals surface area contributed by atoms with Gasteiger partial charge in [0.05, 0.1) is 4.90 Å². The molecule has 1 aromatic rings. The molecule has 21 heavy (non-hydrogen) atoms. The molecule has 0 aliphatic heterocycles. The Balaban J connectivity index is 1.64. The first-order valence-corrected chi connectivity index (χ1v) is 9.43. The zero-order chi connectivity index (χ0) is 14.9. The van der Waals surface area contributed by atoms with E-state index in [2.05, 4.69) is 14.6 Å². The first kappa shape index (κ1) is 15.1. The van der Waals surface area contributed by atoms with E-state index in [1.165, 1.54) is 12.8 Å². The standard InChI is InChI=1S/C15H25N3O2S/c1-16-10-14-9-15(11-18(14)13-6-7-13)21(19,20)17-8-2-3-12-4-5-12/h9,11-13,16-17H,2-8,10H2,1H3. The molecular formula is C15H25N3O2S. The maximum atomic E-state index is 12.4. The lowest BCUT2D eigenvalue weighted by Gasteiger charge is -2.06. The van der Waals surface area contributed by atoms with E-state index in [0.717, 1.165) is 37.3 Å². The van der Waals surface area contributed by atoms with Gasteiger partial charge in [-0.2, -0.15) is 0 Å². The number of hydrogen-bond donors (Lipinski definition) is 2. The number of nitrogens with one attached hydrogen (secondary N) is 2. The van der Waals surface area contributed by atoms with E-state index in [0.29, 0.717) is 24.0 Å². The van der Waals surface area contributed by atoms with Crippen LogP contribution in [0.3, 0.4) is 0 Å². The topological polar surface area (TPSA) is 63.1 Å². The van der Waals surface area contributed by atoms with Crippen molar-refractivity contribution in [2.24, 2.45) is 5.92 Å². The van der Waals surface area contributed by atoms with Crippen molar-refractivity contribution in [1.29, 1.82) is 0 Å². The zero-order valence-corrected chi connectivity index (χ0v) is 13.5. The van der Waals surface area contributed by atoms with Gasteiger partial charge in [-0.05, 0) is 44.7 Å². The summed E-state index contributed by atoms with van der Waals surface area (Å²) in [6.45, 7) is 1.25. The predicted octanol–water partition coefficient (Wildman–Crippen LogP) is 2.01. The molecule has 6 heteroatoms. The fourth-order valence-corrected chi connectivity index (χ4v) is 3.87. The van der Waals surface area contributed by atoms with E-state index < -0.39 is 10.0 Å². The number of hydrogen-bond acceptors (Lipinski definition) is 3. The van der Waals surface area contributed by atoms with Crippen molar-refractivity contribution in [3.8, 4) is 0 Å². The largest absolute Gasteiger partial charge is 0.346 e. The van der Waals surface area contributed by atoms with E-state index >= 15 is 0 Å². The van der Waals surface area contributed by atoms with Crippen LogP contribution in [-0.2, 0) is 16.6 Å². The molecule has 0 spiro atoms. The molecule has 0 saturated heterocycles. The van der Waals surface area contributed by atoms with Gasteiger partial charge in [-0.3, -0.25) is 0 Å². The maximum Gasteiger partial charge on any atom is 0.242 e. The van der Waals surface area contributed by atoms with Crippen LogP contribution in [0.15, 0.2) is 17.2 Å². The minimum Gasteiger partial charge on any atom is -0.346 e. The Morgan fingerprint density at radius 3 is 2.67 bits per heavy atom. The van der Waals surface area contributed by atoms with Gasteiger partial charge in [0.15, 0.2) is 0 Å². The van der Waals surface area contributed by atoms with Gasteiger partial charge < -0.3 is 9.88 Å². The van der Waals surface area contributed by atoms with Crippen molar-refractivity contribution >= 4 is 10.0 Å². The first-order chi connectivity index (χ1) is 10.1. The van der Waals surface area contributed by atoms with Crippen LogP contribution in [-0.4, -0.2) is 26.6 Å². The number of nitrogens with zero attached hydrogens (tertiary/aromatic N) is 1. The smallest absolute Gasteiger partial charge is 0.242 e. The van der Waals surface area contributed by atoms with Gasteiger partial charge in [0.2, 0.25) is 10.0 Å². The highest BCUT2D eigenvalue weighted by Crippen LogP contribution is 2.37. The highest BCUT2D eigenvalue weighted by Gasteiger charge is 2.28. The summed E-state index contributed by atoms with van der Waals surface area (Å²) in [5, 5.41) is 3.11. The monoisotopic (exact) mass is 311 g/mol. The summed E-state index contributed by atoms with van der Waals surface area (Å²) in [4.78, 5) is 0.408. The fraction of sp³-hybridized carbons (Fsp3) is 0.733. The highest BCUT2D eigenvalue weighted by atomic mass is 32.2. The highest BCUT2D eigenvalue weighted by molar-refractivity contribution is 7.89. The number of aromatic nitrogens is 1. The van der Waals surface area contributed by atoms with Gasteiger partial charge in [0.1, 0.15) is 0 Å². The van der Waals surface area contributed by atoms with E-state index in [-0.39, 0.29) is 0 Å². The summed E-state index contributed by atoms with van der Waals surface area (Å²) in [5.41, 5.74) is 1.05. The predicted molar refractivity (Wildman–Crippen MR) is 82.6 cm³/mol. The second kappa shape index (κ2) is 6.10. The molecule has 2 aliphatic carbocycles. The van der Waals surface area contributed by atoms with Gasteiger partial charge in [0.25, 0.3) is 0 Å². The van der Waals surface area contributed by atoms with Gasteiger partial charge in [-0.15, -0.1) is 0 Å². The van der Waals surface area contributed by atoms with Gasteiger partial charge in [0, 0.05) is 31.0 Å². The van der Waals surface area contributed by atoms with E-state index in [9.17, 15) is 8.42 Å². The molecule has 2 fully saturated rings. The first-order valence-electron chi connectivity index (χ1n) is 7.95. The summed E-state index contributed by atoms with van der Waals surface area (Å²) in [6, 6.07) is 2.30. The average molecular weight is 311 g/mol. The molecule has 0 unspecified atom stereocenters. The van der Waals surface area contributed by atoms with Crippen molar-refractivity contribution in [3.05, 3.63) is 18.0 Å². The van der Waals surface area contributed by atoms with Gasteiger partial charge in [-0.25, -0.2) is 13.1 Å². The number of rotatable bonds is 9. The second-order valence-electron chi connectivity index (χ2n) is 6.32. The Bertz CT molecular complexity index is 586. The minimum atomic E-state index is -3.36. The van der Waals surface area contributed by atoms with Crippen LogP contribution in [0.5, 0.6) is 0 Å². The Labute approximate surface area is 127 Å². The van der Waals surface area contributed by atoms with Crippen LogP contribution in [0.25, 0.3) is 0 Å². The lowest BCUT2D eigenvalue weighted by atomic mass is 10.2. The molecule has 1 aromatic heterocycles. The molecule has 0 bridgehead atoms. The van der Waals surface area contributed by atoms with Crippen molar-refractivity contribution in [1.82, 2.24) is 14.6 Å². The van der Waals surface area contributed by atoms with Crippen LogP contribution in [0, 0.1) is 5.92 Å². The third-order valence-corrected chi connectivity index (χ3v) is 5.72. The van der Waals surface area contributed by atoms with E-state index in [1.54, 1.807) is 12.3 Å². The van der Waals surface area contributed by atoms with Gasteiger partial charge in [-0.1, -0.05) is 12.8 Å². The lowest BCUT2D eigenvalue weighted by molar-refractivity contribution is 0.572.